The fraction of sp³-hybridized carbons (Fsp3) is 0.278. The summed E-state index contributed by atoms with van der Waals surface area (Å²) in [6, 6.07) is 13.7. The minimum absolute atomic E-state index is 0.671. The quantitative estimate of drug-likeness (QED) is 0.698. The van der Waals surface area contributed by atoms with Crippen LogP contribution in [0.1, 0.15) is 10.4 Å². The predicted octanol–water partition coefficient (Wildman–Crippen LogP) is 2.50. The van der Waals surface area contributed by atoms with E-state index in [4.69, 9.17) is 5.73 Å². The van der Waals surface area contributed by atoms with Gasteiger partial charge in [-0.15, -0.1) is 0 Å². The molecule has 1 saturated heterocycles. The van der Waals surface area contributed by atoms with Crippen LogP contribution < -0.4 is 10.6 Å². The summed E-state index contributed by atoms with van der Waals surface area (Å²) in [6.07, 6.45) is 0.886. The van der Waals surface area contributed by atoms with E-state index < -0.39 is 0 Å². The molecule has 0 unspecified atom stereocenters. The van der Waals surface area contributed by atoms with E-state index in [9.17, 15) is 4.79 Å². The smallest absolute Gasteiger partial charge is 0.150 e. The second kappa shape index (κ2) is 6.20. The fourth-order valence-corrected chi connectivity index (χ4v) is 2.88. The summed E-state index contributed by atoms with van der Waals surface area (Å²) < 4.78 is 0. The van der Waals surface area contributed by atoms with E-state index in [1.54, 1.807) is 0 Å². The van der Waals surface area contributed by atoms with Crippen LogP contribution in [0.15, 0.2) is 42.5 Å². The number of carbonyl (C=O) groups is 1. The van der Waals surface area contributed by atoms with Crippen LogP contribution in [0.5, 0.6) is 0 Å². The Balaban J connectivity index is 1.98. The van der Waals surface area contributed by atoms with Gasteiger partial charge in [0.1, 0.15) is 0 Å². The van der Waals surface area contributed by atoms with E-state index in [1.165, 1.54) is 0 Å². The van der Waals surface area contributed by atoms with Crippen molar-refractivity contribution in [1.82, 2.24) is 4.90 Å². The Morgan fingerprint density at radius 2 is 1.73 bits per heavy atom. The van der Waals surface area contributed by atoms with Gasteiger partial charge in [-0.1, -0.05) is 24.3 Å². The Morgan fingerprint density at radius 1 is 1.00 bits per heavy atom. The van der Waals surface area contributed by atoms with Gasteiger partial charge >= 0.3 is 0 Å². The largest absolute Gasteiger partial charge is 0.398 e. The molecule has 0 spiro atoms. The van der Waals surface area contributed by atoms with Gasteiger partial charge in [-0.2, -0.15) is 0 Å². The van der Waals surface area contributed by atoms with Crippen LogP contribution in [0, 0.1) is 0 Å². The van der Waals surface area contributed by atoms with Crippen LogP contribution in [0.2, 0.25) is 0 Å². The van der Waals surface area contributed by atoms with Crippen molar-refractivity contribution in [3.05, 3.63) is 48.0 Å². The summed E-state index contributed by atoms with van der Waals surface area (Å²) >= 11 is 0. The third kappa shape index (κ3) is 2.83. The number of nitrogens with two attached hydrogens (primary N) is 1. The Morgan fingerprint density at radius 3 is 2.45 bits per heavy atom. The van der Waals surface area contributed by atoms with Gasteiger partial charge in [0.05, 0.1) is 0 Å². The normalized spacial score (nSPS) is 15.8. The molecule has 3 rings (SSSR count). The van der Waals surface area contributed by atoms with Crippen molar-refractivity contribution in [2.24, 2.45) is 0 Å². The van der Waals surface area contributed by atoms with Gasteiger partial charge in [-0.25, -0.2) is 0 Å². The first-order chi connectivity index (χ1) is 10.7. The maximum atomic E-state index is 11.3. The maximum absolute atomic E-state index is 11.3. The average molecular weight is 295 g/mol. The van der Waals surface area contributed by atoms with Gasteiger partial charge in [-0.05, 0) is 30.8 Å². The third-order valence-corrected chi connectivity index (χ3v) is 4.28. The zero-order valence-corrected chi connectivity index (χ0v) is 12.8. The minimum atomic E-state index is 0.671. The molecule has 4 nitrogen and oxygen atoms in total. The summed E-state index contributed by atoms with van der Waals surface area (Å²) in [4.78, 5) is 16.0. The van der Waals surface area contributed by atoms with Crippen molar-refractivity contribution in [2.75, 3.05) is 43.9 Å². The number of anilines is 2. The van der Waals surface area contributed by atoms with Crippen LogP contribution in [-0.2, 0) is 0 Å². The molecule has 0 radical (unpaired) electrons. The highest BCUT2D eigenvalue weighted by Crippen LogP contribution is 2.32. The first kappa shape index (κ1) is 14.6. The molecule has 0 aromatic heterocycles. The van der Waals surface area contributed by atoms with Crippen LogP contribution >= 0.6 is 0 Å². The Bertz CT molecular complexity index is 676. The van der Waals surface area contributed by atoms with Gasteiger partial charge in [0.25, 0.3) is 0 Å². The molecule has 1 heterocycles. The van der Waals surface area contributed by atoms with Crippen LogP contribution in [0.4, 0.5) is 11.4 Å². The molecule has 114 valence electrons. The first-order valence-electron chi connectivity index (χ1n) is 7.56. The predicted molar refractivity (Wildman–Crippen MR) is 91.4 cm³/mol. The van der Waals surface area contributed by atoms with Gasteiger partial charge < -0.3 is 15.5 Å². The third-order valence-electron chi connectivity index (χ3n) is 4.28. The van der Waals surface area contributed by atoms with E-state index in [1.807, 2.05) is 30.3 Å². The minimum Gasteiger partial charge on any atom is -0.398 e. The molecule has 4 heteroatoms. The first-order valence-corrected chi connectivity index (χ1v) is 7.56. The SMILES string of the molecule is CN1CCN(c2ccc(N)c(-c3ccccc3C=O)c2)CC1. The number of nitrogen functional groups attached to an aromatic ring is 1. The summed E-state index contributed by atoms with van der Waals surface area (Å²) in [5.41, 5.74) is 10.5. The molecule has 2 N–H and O–H groups in total. The summed E-state index contributed by atoms with van der Waals surface area (Å²) in [6.45, 7) is 4.14. The van der Waals surface area contributed by atoms with Gasteiger partial charge in [0, 0.05) is 48.7 Å². The lowest BCUT2D eigenvalue weighted by atomic mass is 9.98. The molecule has 1 aliphatic rings. The molecule has 22 heavy (non-hydrogen) atoms. The Kier molecular flexibility index (Phi) is 4.11. The van der Waals surface area contributed by atoms with E-state index in [-0.39, 0.29) is 0 Å². The fourth-order valence-electron chi connectivity index (χ4n) is 2.88. The van der Waals surface area contributed by atoms with Crippen LogP contribution in [0.25, 0.3) is 11.1 Å². The average Bonchev–Trinajstić information content (AvgIpc) is 2.56. The molecule has 0 amide bonds. The highest BCUT2D eigenvalue weighted by molar-refractivity contribution is 5.92. The van der Waals surface area contributed by atoms with E-state index in [0.29, 0.717) is 11.3 Å². The number of hydrogen-bond donors (Lipinski definition) is 1. The lowest BCUT2D eigenvalue weighted by molar-refractivity contribution is 0.112. The number of benzene rings is 2. The molecule has 0 bridgehead atoms. The lowest BCUT2D eigenvalue weighted by Gasteiger charge is -2.34. The zero-order chi connectivity index (χ0) is 15.5. The number of rotatable bonds is 3. The number of aldehydes is 1. The van der Waals surface area contributed by atoms with E-state index >= 15 is 0 Å². The van der Waals surface area contributed by atoms with E-state index in [2.05, 4.69) is 29.0 Å². The standard InChI is InChI=1S/C18H21N3O/c1-20-8-10-21(11-9-20)15-6-7-18(19)17(12-15)16-5-3-2-4-14(16)13-22/h2-7,12-13H,8-11,19H2,1H3. The number of hydrogen-bond acceptors (Lipinski definition) is 4. The topological polar surface area (TPSA) is 49.6 Å². The highest BCUT2D eigenvalue weighted by atomic mass is 16.1. The van der Waals surface area contributed by atoms with Crippen LogP contribution in [0.3, 0.4) is 0 Å². The summed E-state index contributed by atoms with van der Waals surface area (Å²) in [5.74, 6) is 0. The van der Waals surface area contributed by atoms with Crippen molar-refractivity contribution in [1.29, 1.82) is 0 Å². The number of nitrogens with zero attached hydrogens (tertiary/aromatic N) is 2. The molecule has 1 aliphatic heterocycles. The van der Waals surface area contributed by atoms with Crippen molar-refractivity contribution in [3.8, 4) is 11.1 Å². The highest BCUT2D eigenvalue weighted by Gasteiger charge is 2.16. The van der Waals surface area contributed by atoms with E-state index in [0.717, 1.165) is 49.3 Å². The van der Waals surface area contributed by atoms with Crippen molar-refractivity contribution in [2.45, 2.75) is 0 Å². The Labute approximate surface area is 131 Å². The molecule has 2 aromatic rings. The van der Waals surface area contributed by atoms with Crippen molar-refractivity contribution >= 4 is 17.7 Å². The van der Waals surface area contributed by atoms with Crippen molar-refractivity contribution in [3.63, 3.8) is 0 Å². The summed E-state index contributed by atoms with van der Waals surface area (Å²) in [7, 11) is 2.14. The number of carbonyl (C=O) groups excluding carboxylic acids is 1. The molecule has 0 aliphatic carbocycles. The number of likely N-dealkylation sites (N-methyl/N-ethyl adjacent to an activating group) is 1. The molecular weight excluding hydrogens is 274 g/mol. The van der Waals surface area contributed by atoms with Gasteiger partial charge in [-0.3, -0.25) is 4.79 Å². The van der Waals surface area contributed by atoms with Crippen LogP contribution in [-0.4, -0.2) is 44.4 Å². The van der Waals surface area contributed by atoms with Gasteiger partial charge in [0.2, 0.25) is 0 Å². The second-order valence-corrected chi connectivity index (χ2v) is 5.77. The Hall–Kier alpha value is -2.33. The monoisotopic (exact) mass is 295 g/mol. The number of piperazine rings is 1. The second-order valence-electron chi connectivity index (χ2n) is 5.77. The molecule has 0 saturated carbocycles. The molecule has 0 atom stereocenters. The summed E-state index contributed by atoms with van der Waals surface area (Å²) in [5, 5.41) is 0. The zero-order valence-electron chi connectivity index (χ0n) is 12.8. The molecular formula is C18H21N3O. The lowest BCUT2D eigenvalue weighted by Crippen LogP contribution is -2.44. The van der Waals surface area contributed by atoms with Crippen molar-refractivity contribution < 1.29 is 4.79 Å². The van der Waals surface area contributed by atoms with Gasteiger partial charge in [0.15, 0.2) is 6.29 Å². The molecule has 1 fully saturated rings. The maximum Gasteiger partial charge on any atom is 0.150 e. The molecule has 2 aromatic carbocycles.